The summed E-state index contributed by atoms with van der Waals surface area (Å²) < 4.78 is 1.57. The quantitative estimate of drug-likeness (QED) is 0.576. The Morgan fingerprint density at radius 3 is 3.04 bits per heavy atom. The maximum atomic E-state index is 12.6. The fourth-order valence-corrected chi connectivity index (χ4v) is 5.86. The summed E-state index contributed by atoms with van der Waals surface area (Å²) in [6.07, 6.45) is 2.97. The van der Waals surface area contributed by atoms with Gasteiger partial charge in [-0.2, -0.15) is 11.8 Å². The number of thiophene rings is 1. The molecule has 8 heteroatoms. The molecule has 136 valence electrons. The molecule has 6 nitrogen and oxygen atoms in total. The standard InChI is InChI=1S/C19H16N4O2S2/c24-17-16-12-6-8-26-9-14(12)27-18(16)22-15(21-17)5-7-23-10-20-13-4-2-1-3-11(13)19(23)25/h1-4,10H,5-9H2,(H,21,22,24). The number of aromatic nitrogens is 4. The van der Waals surface area contributed by atoms with E-state index in [4.69, 9.17) is 0 Å². The van der Waals surface area contributed by atoms with Crippen LogP contribution < -0.4 is 11.1 Å². The highest BCUT2D eigenvalue weighted by Gasteiger charge is 2.20. The molecular weight excluding hydrogens is 380 g/mol. The van der Waals surface area contributed by atoms with E-state index in [1.807, 2.05) is 30.0 Å². The molecule has 0 spiro atoms. The first-order valence-corrected chi connectivity index (χ1v) is 10.7. The number of aromatic amines is 1. The van der Waals surface area contributed by atoms with E-state index < -0.39 is 0 Å². The topological polar surface area (TPSA) is 80.6 Å². The minimum absolute atomic E-state index is 0.0663. The van der Waals surface area contributed by atoms with Crippen LogP contribution in [0.4, 0.5) is 0 Å². The van der Waals surface area contributed by atoms with Crippen LogP contribution in [0.3, 0.4) is 0 Å². The Morgan fingerprint density at radius 2 is 2.11 bits per heavy atom. The van der Waals surface area contributed by atoms with Crippen LogP contribution in [0, 0.1) is 0 Å². The van der Waals surface area contributed by atoms with Crippen LogP contribution in [0.2, 0.25) is 0 Å². The predicted molar refractivity (Wildman–Crippen MR) is 110 cm³/mol. The van der Waals surface area contributed by atoms with E-state index in [2.05, 4.69) is 15.0 Å². The number of hydrogen-bond donors (Lipinski definition) is 1. The predicted octanol–water partition coefficient (Wildman–Crippen LogP) is 2.73. The number of para-hydroxylation sites is 1. The van der Waals surface area contributed by atoms with Crippen molar-refractivity contribution in [3.63, 3.8) is 0 Å². The van der Waals surface area contributed by atoms with Crippen molar-refractivity contribution in [3.05, 3.63) is 67.6 Å². The number of nitrogens with zero attached hydrogens (tertiary/aromatic N) is 3. The Bertz CT molecular complexity index is 1290. The summed E-state index contributed by atoms with van der Waals surface area (Å²) in [5.74, 6) is 2.63. The van der Waals surface area contributed by atoms with Gasteiger partial charge in [0.05, 0.1) is 22.6 Å². The normalized spacial score (nSPS) is 13.9. The Kier molecular flexibility index (Phi) is 4.09. The third-order valence-electron chi connectivity index (χ3n) is 4.84. The van der Waals surface area contributed by atoms with E-state index in [0.717, 1.165) is 28.1 Å². The van der Waals surface area contributed by atoms with Gasteiger partial charge in [-0.25, -0.2) is 9.97 Å². The molecule has 27 heavy (non-hydrogen) atoms. The third kappa shape index (κ3) is 2.89. The Balaban J connectivity index is 1.48. The van der Waals surface area contributed by atoms with Gasteiger partial charge in [-0.3, -0.25) is 14.2 Å². The van der Waals surface area contributed by atoms with E-state index in [-0.39, 0.29) is 11.1 Å². The largest absolute Gasteiger partial charge is 0.310 e. The van der Waals surface area contributed by atoms with E-state index in [1.165, 1.54) is 10.4 Å². The van der Waals surface area contributed by atoms with Crippen molar-refractivity contribution < 1.29 is 0 Å². The summed E-state index contributed by atoms with van der Waals surface area (Å²) in [6.45, 7) is 0.423. The summed E-state index contributed by atoms with van der Waals surface area (Å²) in [7, 11) is 0. The molecular formula is C19H16N4O2S2. The number of H-pyrrole nitrogens is 1. The zero-order valence-corrected chi connectivity index (χ0v) is 16.0. The minimum atomic E-state index is -0.0763. The lowest BCUT2D eigenvalue weighted by Crippen LogP contribution is -2.22. The molecule has 0 radical (unpaired) electrons. The fraction of sp³-hybridized carbons (Fsp3) is 0.263. The molecule has 4 heterocycles. The zero-order chi connectivity index (χ0) is 18.4. The first-order valence-electron chi connectivity index (χ1n) is 8.76. The van der Waals surface area contributed by atoms with Gasteiger partial charge in [0, 0.05) is 23.6 Å². The van der Waals surface area contributed by atoms with Crippen LogP contribution in [0.1, 0.15) is 16.3 Å². The Morgan fingerprint density at radius 1 is 1.22 bits per heavy atom. The second kappa shape index (κ2) is 6.61. The molecule has 5 rings (SSSR count). The van der Waals surface area contributed by atoms with Crippen LogP contribution in [-0.2, 0) is 25.1 Å². The van der Waals surface area contributed by atoms with Crippen molar-refractivity contribution in [1.29, 1.82) is 0 Å². The number of aryl methyl sites for hydroxylation is 3. The molecule has 1 aliphatic rings. The van der Waals surface area contributed by atoms with Crippen LogP contribution in [0.25, 0.3) is 21.1 Å². The summed E-state index contributed by atoms with van der Waals surface area (Å²) in [5, 5.41) is 1.35. The number of hydrogen-bond acceptors (Lipinski definition) is 6. The van der Waals surface area contributed by atoms with Gasteiger partial charge >= 0.3 is 0 Å². The van der Waals surface area contributed by atoms with Crippen LogP contribution >= 0.6 is 23.1 Å². The van der Waals surface area contributed by atoms with Gasteiger partial charge in [-0.15, -0.1) is 11.3 Å². The lowest BCUT2D eigenvalue weighted by Gasteiger charge is -2.09. The van der Waals surface area contributed by atoms with E-state index in [1.54, 1.807) is 28.3 Å². The molecule has 1 N–H and O–H groups in total. The van der Waals surface area contributed by atoms with Crippen molar-refractivity contribution >= 4 is 44.2 Å². The number of rotatable bonds is 3. The lowest BCUT2D eigenvalue weighted by molar-refractivity contribution is 0.643. The molecule has 0 bridgehead atoms. The molecule has 4 aromatic rings. The smallest absolute Gasteiger partial charge is 0.261 e. The van der Waals surface area contributed by atoms with Crippen molar-refractivity contribution in [1.82, 2.24) is 19.5 Å². The zero-order valence-electron chi connectivity index (χ0n) is 14.4. The SMILES string of the molecule is O=c1[nH]c(CCn2cnc3ccccc3c2=O)nc2sc3c(c12)CCSC3. The van der Waals surface area contributed by atoms with Gasteiger partial charge in [-0.05, 0) is 29.9 Å². The van der Waals surface area contributed by atoms with Crippen LogP contribution in [-0.4, -0.2) is 25.3 Å². The van der Waals surface area contributed by atoms with Gasteiger partial charge in [-0.1, -0.05) is 12.1 Å². The van der Waals surface area contributed by atoms with Crippen molar-refractivity contribution in [2.75, 3.05) is 5.75 Å². The number of benzene rings is 1. The number of nitrogens with one attached hydrogen (secondary N) is 1. The Hall–Kier alpha value is -2.45. The number of fused-ring (bicyclic) bond motifs is 4. The summed E-state index contributed by atoms with van der Waals surface area (Å²) >= 11 is 3.52. The second-order valence-electron chi connectivity index (χ2n) is 6.51. The van der Waals surface area contributed by atoms with E-state index in [9.17, 15) is 9.59 Å². The molecule has 1 aliphatic heterocycles. The van der Waals surface area contributed by atoms with Crippen LogP contribution in [0.15, 0.2) is 40.2 Å². The minimum Gasteiger partial charge on any atom is -0.310 e. The van der Waals surface area contributed by atoms with Gasteiger partial charge in [0.15, 0.2) is 0 Å². The maximum Gasteiger partial charge on any atom is 0.261 e. The maximum absolute atomic E-state index is 12.6. The Labute approximate surface area is 162 Å². The molecule has 0 saturated heterocycles. The molecule has 0 saturated carbocycles. The number of thioether (sulfide) groups is 1. The van der Waals surface area contributed by atoms with Crippen molar-refractivity contribution in [3.8, 4) is 0 Å². The van der Waals surface area contributed by atoms with Gasteiger partial charge in [0.1, 0.15) is 10.7 Å². The van der Waals surface area contributed by atoms with E-state index in [0.29, 0.717) is 29.7 Å². The highest BCUT2D eigenvalue weighted by molar-refractivity contribution is 7.98. The monoisotopic (exact) mass is 396 g/mol. The summed E-state index contributed by atoms with van der Waals surface area (Å²) in [6, 6.07) is 7.30. The molecule has 0 unspecified atom stereocenters. The van der Waals surface area contributed by atoms with Gasteiger partial charge in [0.25, 0.3) is 11.1 Å². The highest BCUT2D eigenvalue weighted by atomic mass is 32.2. The second-order valence-corrected chi connectivity index (χ2v) is 8.70. The molecule has 0 atom stereocenters. The molecule has 3 aromatic heterocycles. The average molecular weight is 396 g/mol. The first-order chi connectivity index (χ1) is 13.2. The van der Waals surface area contributed by atoms with Gasteiger partial charge < -0.3 is 4.98 Å². The highest BCUT2D eigenvalue weighted by Crippen LogP contribution is 2.35. The van der Waals surface area contributed by atoms with E-state index >= 15 is 0 Å². The third-order valence-corrected chi connectivity index (χ3v) is 7.14. The van der Waals surface area contributed by atoms with Crippen molar-refractivity contribution in [2.24, 2.45) is 0 Å². The summed E-state index contributed by atoms with van der Waals surface area (Å²) in [4.78, 5) is 39.2. The average Bonchev–Trinajstić information content (AvgIpc) is 3.06. The fourth-order valence-electron chi connectivity index (χ4n) is 3.49. The van der Waals surface area contributed by atoms with Crippen LogP contribution in [0.5, 0.6) is 0 Å². The molecule has 0 amide bonds. The molecule has 0 fully saturated rings. The van der Waals surface area contributed by atoms with Crippen molar-refractivity contribution in [2.45, 2.75) is 25.1 Å². The first kappa shape index (κ1) is 16.7. The summed E-state index contributed by atoms with van der Waals surface area (Å²) in [5.41, 5.74) is 1.72. The van der Waals surface area contributed by atoms with Gasteiger partial charge in [0.2, 0.25) is 0 Å². The lowest BCUT2D eigenvalue weighted by atomic mass is 10.1. The molecule has 0 aliphatic carbocycles. The molecule has 1 aromatic carbocycles.